The average molecular weight is 338 g/mol. The van der Waals surface area contributed by atoms with Crippen LogP contribution in [0, 0.1) is 6.92 Å². The van der Waals surface area contributed by atoms with Gasteiger partial charge in [0.15, 0.2) is 0 Å². The number of rotatable bonds is 4. The Kier molecular flexibility index (Phi) is 4.44. The van der Waals surface area contributed by atoms with Gasteiger partial charge in [0, 0.05) is 17.2 Å². The third-order valence-corrected chi connectivity index (χ3v) is 3.40. The van der Waals surface area contributed by atoms with Crippen molar-refractivity contribution in [2.75, 3.05) is 12.4 Å². The van der Waals surface area contributed by atoms with Crippen molar-refractivity contribution in [3.63, 3.8) is 0 Å². The lowest BCUT2D eigenvalue weighted by molar-refractivity contribution is 0.102. The maximum atomic E-state index is 12.2. The monoisotopic (exact) mass is 337 g/mol. The second-order valence-corrected chi connectivity index (χ2v) is 5.25. The molecule has 0 saturated heterocycles. The SMILES string of the molecule is CCn1cc(C(=O)Nc2c(C)cc(Br)cc2OC)cn1. The van der Waals surface area contributed by atoms with Crippen LogP contribution in [0.1, 0.15) is 22.8 Å². The van der Waals surface area contributed by atoms with Gasteiger partial charge in [-0.1, -0.05) is 15.9 Å². The number of hydrogen-bond donors (Lipinski definition) is 1. The van der Waals surface area contributed by atoms with Crippen LogP contribution < -0.4 is 10.1 Å². The second-order valence-electron chi connectivity index (χ2n) is 4.34. The first-order valence-electron chi connectivity index (χ1n) is 6.23. The van der Waals surface area contributed by atoms with Crippen molar-refractivity contribution in [2.45, 2.75) is 20.4 Å². The predicted molar refractivity (Wildman–Crippen MR) is 81.3 cm³/mol. The Morgan fingerprint density at radius 2 is 2.25 bits per heavy atom. The smallest absolute Gasteiger partial charge is 0.258 e. The van der Waals surface area contributed by atoms with E-state index in [1.807, 2.05) is 26.0 Å². The van der Waals surface area contributed by atoms with Crippen molar-refractivity contribution >= 4 is 27.5 Å². The van der Waals surface area contributed by atoms with Crippen molar-refractivity contribution in [1.82, 2.24) is 9.78 Å². The largest absolute Gasteiger partial charge is 0.495 e. The highest BCUT2D eigenvalue weighted by molar-refractivity contribution is 9.10. The van der Waals surface area contributed by atoms with E-state index in [2.05, 4.69) is 26.3 Å². The first kappa shape index (κ1) is 14.6. The molecular formula is C14H16BrN3O2. The summed E-state index contributed by atoms with van der Waals surface area (Å²) in [4.78, 5) is 12.2. The van der Waals surface area contributed by atoms with Crippen LogP contribution in [0.4, 0.5) is 5.69 Å². The Bertz CT molecular complexity index is 637. The third kappa shape index (κ3) is 3.01. The van der Waals surface area contributed by atoms with Gasteiger partial charge in [-0.15, -0.1) is 0 Å². The number of halogens is 1. The molecule has 5 nitrogen and oxygen atoms in total. The highest BCUT2D eigenvalue weighted by Crippen LogP contribution is 2.32. The molecule has 0 saturated carbocycles. The van der Waals surface area contributed by atoms with E-state index >= 15 is 0 Å². The molecular weight excluding hydrogens is 322 g/mol. The summed E-state index contributed by atoms with van der Waals surface area (Å²) >= 11 is 3.41. The molecule has 1 N–H and O–H groups in total. The molecule has 0 atom stereocenters. The number of anilines is 1. The minimum absolute atomic E-state index is 0.201. The second kappa shape index (κ2) is 6.09. The molecule has 0 fully saturated rings. The zero-order valence-electron chi connectivity index (χ0n) is 11.6. The Balaban J connectivity index is 2.27. The molecule has 0 spiro atoms. The number of nitrogens with zero attached hydrogens (tertiary/aromatic N) is 2. The number of carbonyl (C=O) groups excluding carboxylic acids is 1. The number of nitrogens with one attached hydrogen (secondary N) is 1. The standard InChI is InChI=1S/C14H16BrN3O2/c1-4-18-8-10(7-16-18)14(19)17-13-9(2)5-11(15)6-12(13)20-3/h5-8H,4H2,1-3H3,(H,17,19). The van der Waals surface area contributed by atoms with Crippen molar-refractivity contribution in [1.29, 1.82) is 0 Å². The van der Waals surface area contributed by atoms with Gasteiger partial charge in [-0.3, -0.25) is 9.48 Å². The minimum Gasteiger partial charge on any atom is -0.495 e. The van der Waals surface area contributed by atoms with Crippen molar-refractivity contribution in [3.8, 4) is 5.75 Å². The summed E-state index contributed by atoms with van der Waals surface area (Å²) in [5.74, 6) is 0.418. The molecule has 0 aliphatic rings. The van der Waals surface area contributed by atoms with Gasteiger partial charge >= 0.3 is 0 Å². The number of ether oxygens (including phenoxy) is 1. The zero-order chi connectivity index (χ0) is 14.7. The predicted octanol–water partition coefficient (Wildman–Crippen LogP) is 3.23. The van der Waals surface area contributed by atoms with Crippen molar-refractivity contribution in [2.24, 2.45) is 0 Å². The summed E-state index contributed by atoms with van der Waals surface area (Å²) in [7, 11) is 1.58. The maximum absolute atomic E-state index is 12.2. The summed E-state index contributed by atoms with van der Waals surface area (Å²) in [6.45, 7) is 4.61. The summed E-state index contributed by atoms with van der Waals surface area (Å²) in [6, 6.07) is 3.74. The summed E-state index contributed by atoms with van der Waals surface area (Å²) in [5, 5.41) is 6.97. The Morgan fingerprint density at radius 1 is 1.50 bits per heavy atom. The number of amides is 1. The topological polar surface area (TPSA) is 56.2 Å². The molecule has 6 heteroatoms. The Labute approximate surface area is 126 Å². The molecule has 106 valence electrons. The molecule has 0 aliphatic carbocycles. The Morgan fingerprint density at radius 3 is 2.85 bits per heavy atom. The fourth-order valence-electron chi connectivity index (χ4n) is 1.87. The minimum atomic E-state index is -0.201. The molecule has 20 heavy (non-hydrogen) atoms. The lowest BCUT2D eigenvalue weighted by Gasteiger charge is -2.13. The molecule has 0 bridgehead atoms. The van der Waals surface area contributed by atoms with Gasteiger partial charge < -0.3 is 10.1 Å². The molecule has 0 unspecified atom stereocenters. The quantitative estimate of drug-likeness (QED) is 0.931. The zero-order valence-corrected chi connectivity index (χ0v) is 13.2. The van der Waals surface area contributed by atoms with Crippen LogP contribution in [-0.2, 0) is 6.54 Å². The van der Waals surface area contributed by atoms with E-state index in [0.29, 0.717) is 17.0 Å². The van der Waals surface area contributed by atoms with Crippen LogP contribution in [0.15, 0.2) is 29.0 Å². The van der Waals surface area contributed by atoms with Crippen LogP contribution in [-0.4, -0.2) is 22.8 Å². The average Bonchev–Trinajstić information content (AvgIpc) is 2.90. The van der Waals surface area contributed by atoms with Gasteiger partial charge in [-0.2, -0.15) is 5.10 Å². The van der Waals surface area contributed by atoms with Crippen LogP contribution in [0.5, 0.6) is 5.75 Å². The highest BCUT2D eigenvalue weighted by Gasteiger charge is 2.14. The third-order valence-electron chi connectivity index (χ3n) is 2.94. The fraction of sp³-hybridized carbons (Fsp3) is 0.286. The number of aromatic nitrogens is 2. The van der Waals surface area contributed by atoms with Crippen LogP contribution >= 0.6 is 15.9 Å². The molecule has 2 aromatic rings. The molecule has 1 aromatic carbocycles. The first-order valence-corrected chi connectivity index (χ1v) is 7.02. The number of aryl methyl sites for hydroxylation is 2. The lowest BCUT2D eigenvalue weighted by atomic mass is 10.1. The van der Waals surface area contributed by atoms with E-state index < -0.39 is 0 Å². The van der Waals surface area contributed by atoms with Gasteiger partial charge in [0.2, 0.25) is 0 Å². The van der Waals surface area contributed by atoms with Gasteiger partial charge in [0.05, 0.1) is 24.6 Å². The summed E-state index contributed by atoms with van der Waals surface area (Å²) < 4.78 is 7.92. The number of carbonyl (C=O) groups is 1. The Hall–Kier alpha value is -1.82. The molecule has 1 amide bonds. The van der Waals surface area contributed by atoms with E-state index in [1.54, 1.807) is 24.2 Å². The fourth-order valence-corrected chi connectivity index (χ4v) is 2.42. The van der Waals surface area contributed by atoms with Crippen LogP contribution in [0.3, 0.4) is 0 Å². The number of benzene rings is 1. The summed E-state index contributed by atoms with van der Waals surface area (Å²) in [6.07, 6.45) is 3.27. The molecule has 2 rings (SSSR count). The highest BCUT2D eigenvalue weighted by atomic mass is 79.9. The van der Waals surface area contributed by atoms with Gasteiger partial charge in [-0.05, 0) is 31.5 Å². The maximum Gasteiger partial charge on any atom is 0.258 e. The van der Waals surface area contributed by atoms with E-state index in [1.165, 1.54) is 0 Å². The van der Waals surface area contributed by atoms with Gasteiger partial charge in [0.1, 0.15) is 5.75 Å². The van der Waals surface area contributed by atoms with Crippen molar-refractivity contribution < 1.29 is 9.53 Å². The van der Waals surface area contributed by atoms with Crippen LogP contribution in [0.2, 0.25) is 0 Å². The molecule has 1 aromatic heterocycles. The van der Waals surface area contributed by atoms with E-state index in [4.69, 9.17) is 4.74 Å². The molecule has 1 heterocycles. The number of methoxy groups -OCH3 is 1. The first-order chi connectivity index (χ1) is 9.55. The molecule has 0 radical (unpaired) electrons. The lowest BCUT2D eigenvalue weighted by Crippen LogP contribution is -2.13. The molecule has 0 aliphatic heterocycles. The normalized spacial score (nSPS) is 10.4. The van der Waals surface area contributed by atoms with E-state index in [0.717, 1.165) is 16.6 Å². The van der Waals surface area contributed by atoms with E-state index in [9.17, 15) is 4.79 Å². The van der Waals surface area contributed by atoms with E-state index in [-0.39, 0.29) is 5.91 Å². The van der Waals surface area contributed by atoms with Gasteiger partial charge in [-0.25, -0.2) is 0 Å². The summed E-state index contributed by atoms with van der Waals surface area (Å²) in [5.41, 5.74) is 2.12. The number of hydrogen-bond acceptors (Lipinski definition) is 3. The van der Waals surface area contributed by atoms with Gasteiger partial charge in [0.25, 0.3) is 5.91 Å². The van der Waals surface area contributed by atoms with Crippen molar-refractivity contribution in [3.05, 3.63) is 40.1 Å². The van der Waals surface area contributed by atoms with Crippen LogP contribution in [0.25, 0.3) is 0 Å².